The van der Waals surface area contributed by atoms with Crippen LogP contribution < -0.4 is 4.74 Å². The largest absolute Gasteiger partial charge is 0.503 e. The fraction of sp³-hybridized carbons (Fsp3) is 0.500. The Morgan fingerprint density at radius 2 is 2.08 bits per heavy atom. The van der Waals surface area contributed by atoms with Crippen LogP contribution in [0.4, 0.5) is 0 Å². The third kappa shape index (κ3) is 4.67. The minimum atomic E-state index is -3.12. The third-order valence-electron chi connectivity index (χ3n) is 4.12. The lowest BCUT2D eigenvalue weighted by atomic mass is 10.2. The second kappa shape index (κ2) is 8.26. The number of carbonyl (C=O) groups excluding carboxylic acids is 2. The lowest BCUT2D eigenvalue weighted by molar-refractivity contribution is -0.136. The summed E-state index contributed by atoms with van der Waals surface area (Å²) < 4.78 is 33.4. The van der Waals surface area contributed by atoms with E-state index in [2.05, 4.69) is 15.9 Å². The number of nitrogens with zero attached hydrogens (tertiary/aromatic N) is 1. The molecule has 144 valence electrons. The molecule has 1 aromatic rings. The summed E-state index contributed by atoms with van der Waals surface area (Å²) in [5, 5.41) is 9.76. The van der Waals surface area contributed by atoms with Crippen LogP contribution in [0.2, 0.25) is 0 Å². The van der Waals surface area contributed by atoms with Gasteiger partial charge in [0.05, 0.1) is 28.7 Å². The van der Waals surface area contributed by atoms with Crippen LogP contribution in [0.5, 0.6) is 11.5 Å². The number of hydrogen-bond acceptors (Lipinski definition) is 7. The first-order valence-electron chi connectivity index (χ1n) is 7.92. The fourth-order valence-corrected chi connectivity index (χ4v) is 4.97. The lowest BCUT2D eigenvalue weighted by Crippen LogP contribution is -2.43. The zero-order chi connectivity index (χ0) is 19.5. The van der Waals surface area contributed by atoms with Gasteiger partial charge in [-0.05, 0) is 41.4 Å². The molecule has 0 aromatic heterocycles. The monoisotopic (exact) mass is 449 g/mol. The van der Waals surface area contributed by atoms with Crippen molar-refractivity contribution in [3.05, 3.63) is 22.2 Å². The van der Waals surface area contributed by atoms with Gasteiger partial charge in [0, 0.05) is 12.6 Å². The van der Waals surface area contributed by atoms with Crippen LogP contribution in [0.1, 0.15) is 23.7 Å². The molecule has 2 rings (SSSR count). The number of amides is 1. The number of esters is 1. The molecular weight excluding hydrogens is 430 g/mol. The van der Waals surface area contributed by atoms with E-state index in [1.807, 2.05) is 0 Å². The van der Waals surface area contributed by atoms with E-state index in [4.69, 9.17) is 9.47 Å². The molecular formula is C16H20BrNO7S. The predicted octanol–water partition coefficient (Wildman–Crippen LogP) is 1.36. The van der Waals surface area contributed by atoms with Crippen molar-refractivity contribution >= 4 is 37.6 Å². The summed E-state index contributed by atoms with van der Waals surface area (Å²) in [6.07, 6.45) is 0.387. The topological polar surface area (TPSA) is 110 Å². The molecule has 1 atom stereocenters. The summed E-state index contributed by atoms with van der Waals surface area (Å²) in [4.78, 5) is 25.9. The molecule has 1 fully saturated rings. The molecule has 1 aliphatic heterocycles. The summed E-state index contributed by atoms with van der Waals surface area (Å²) in [6.45, 7) is 1.58. The van der Waals surface area contributed by atoms with Crippen molar-refractivity contribution in [1.82, 2.24) is 4.90 Å². The maximum Gasteiger partial charge on any atom is 0.338 e. The molecule has 0 aliphatic carbocycles. The summed E-state index contributed by atoms with van der Waals surface area (Å²) >= 11 is 3.11. The van der Waals surface area contributed by atoms with Gasteiger partial charge in [-0.2, -0.15) is 0 Å². The van der Waals surface area contributed by atoms with Crippen molar-refractivity contribution in [3.63, 3.8) is 0 Å². The summed E-state index contributed by atoms with van der Waals surface area (Å²) in [5.41, 5.74) is 0.103. The molecule has 0 unspecified atom stereocenters. The standard InChI is InChI=1S/C16H20BrNO7S/c1-3-18(11-4-5-26(22,23)9-11)14(19)8-25-16(21)10-6-12(17)15(20)13(7-10)24-2/h6-7,11,20H,3-5,8-9H2,1-2H3/t11-/m0/s1. The predicted molar refractivity (Wildman–Crippen MR) is 97.1 cm³/mol. The number of methoxy groups -OCH3 is 1. The van der Waals surface area contributed by atoms with Crippen LogP contribution in [-0.4, -0.2) is 68.1 Å². The molecule has 0 spiro atoms. The minimum absolute atomic E-state index is 0.0581. The molecule has 8 nitrogen and oxygen atoms in total. The zero-order valence-corrected chi connectivity index (χ0v) is 16.8. The Labute approximate surface area is 160 Å². The maximum absolute atomic E-state index is 12.3. The van der Waals surface area contributed by atoms with Gasteiger partial charge in [-0.25, -0.2) is 13.2 Å². The number of carbonyl (C=O) groups is 2. The van der Waals surface area contributed by atoms with Crippen molar-refractivity contribution in [3.8, 4) is 11.5 Å². The highest BCUT2D eigenvalue weighted by atomic mass is 79.9. The number of hydrogen-bond donors (Lipinski definition) is 1. The molecule has 1 aromatic carbocycles. The number of rotatable bonds is 6. The average molecular weight is 450 g/mol. The second-order valence-corrected chi connectivity index (χ2v) is 8.90. The quantitative estimate of drug-likeness (QED) is 0.652. The number of aromatic hydroxyl groups is 1. The van der Waals surface area contributed by atoms with Gasteiger partial charge in [-0.15, -0.1) is 0 Å². The Hall–Kier alpha value is -1.81. The Bertz CT molecular complexity index is 809. The smallest absolute Gasteiger partial charge is 0.338 e. The van der Waals surface area contributed by atoms with Crippen molar-refractivity contribution < 1.29 is 32.6 Å². The summed E-state index contributed by atoms with van der Waals surface area (Å²) in [6, 6.07) is 2.26. The molecule has 1 N–H and O–H groups in total. The van der Waals surface area contributed by atoms with Gasteiger partial charge < -0.3 is 19.5 Å². The number of likely N-dealkylation sites (N-methyl/N-ethyl adjacent to an activating group) is 1. The number of ether oxygens (including phenoxy) is 2. The molecule has 0 bridgehead atoms. The highest BCUT2D eigenvalue weighted by Gasteiger charge is 2.34. The van der Waals surface area contributed by atoms with Crippen molar-refractivity contribution in [2.75, 3.05) is 31.8 Å². The van der Waals surface area contributed by atoms with Gasteiger partial charge in [-0.1, -0.05) is 0 Å². The van der Waals surface area contributed by atoms with E-state index in [1.165, 1.54) is 24.1 Å². The van der Waals surface area contributed by atoms with Crippen LogP contribution in [-0.2, 0) is 19.4 Å². The number of phenolic OH excluding ortho intramolecular Hbond substituents is 1. The Kier molecular flexibility index (Phi) is 6.51. The normalized spacial score (nSPS) is 18.3. The van der Waals surface area contributed by atoms with Crippen LogP contribution in [0.15, 0.2) is 16.6 Å². The Morgan fingerprint density at radius 1 is 1.38 bits per heavy atom. The molecule has 1 aliphatic rings. The Balaban J connectivity index is 2.02. The van der Waals surface area contributed by atoms with Crippen LogP contribution in [0.3, 0.4) is 0 Å². The van der Waals surface area contributed by atoms with Crippen molar-refractivity contribution in [1.29, 1.82) is 0 Å². The lowest BCUT2D eigenvalue weighted by Gasteiger charge is -2.26. The van der Waals surface area contributed by atoms with Gasteiger partial charge >= 0.3 is 5.97 Å². The first kappa shape index (κ1) is 20.5. The molecule has 0 radical (unpaired) electrons. The summed E-state index contributed by atoms with van der Waals surface area (Å²) in [5.74, 6) is -1.28. The van der Waals surface area contributed by atoms with E-state index in [0.29, 0.717) is 13.0 Å². The van der Waals surface area contributed by atoms with Crippen LogP contribution in [0.25, 0.3) is 0 Å². The first-order valence-corrected chi connectivity index (χ1v) is 10.5. The van der Waals surface area contributed by atoms with Gasteiger partial charge in [0.2, 0.25) is 0 Å². The number of phenols is 1. The zero-order valence-electron chi connectivity index (χ0n) is 14.4. The minimum Gasteiger partial charge on any atom is -0.503 e. The van der Waals surface area contributed by atoms with Gasteiger partial charge in [0.25, 0.3) is 5.91 Å². The number of halogens is 1. The van der Waals surface area contributed by atoms with Crippen molar-refractivity contribution in [2.45, 2.75) is 19.4 Å². The molecule has 1 amide bonds. The summed E-state index contributed by atoms with van der Waals surface area (Å²) in [7, 11) is -1.78. The molecule has 1 saturated heterocycles. The van der Waals surface area contributed by atoms with Gasteiger partial charge in [0.1, 0.15) is 0 Å². The van der Waals surface area contributed by atoms with Gasteiger partial charge in [-0.3, -0.25) is 4.79 Å². The number of sulfone groups is 1. The van der Waals surface area contributed by atoms with Gasteiger partial charge in [0.15, 0.2) is 27.9 Å². The van der Waals surface area contributed by atoms with Crippen LogP contribution in [0, 0.1) is 0 Å². The third-order valence-corrected chi connectivity index (χ3v) is 6.48. The molecule has 0 saturated carbocycles. The molecule has 1 heterocycles. The maximum atomic E-state index is 12.3. The highest BCUT2D eigenvalue weighted by molar-refractivity contribution is 9.10. The molecule has 10 heteroatoms. The highest BCUT2D eigenvalue weighted by Crippen LogP contribution is 2.35. The SMILES string of the molecule is CCN(C(=O)COC(=O)c1cc(Br)c(O)c(OC)c1)[C@H]1CCS(=O)(=O)C1. The molecule has 26 heavy (non-hydrogen) atoms. The number of benzene rings is 1. The first-order chi connectivity index (χ1) is 12.2. The second-order valence-electron chi connectivity index (χ2n) is 5.82. The van der Waals surface area contributed by atoms with E-state index >= 15 is 0 Å². The van der Waals surface area contributed by atoms with E-state index in [9.17, 15) is 23.1 Å². The van der Waals surface area contributed by atoms with E-state index in [-0.39, 0.29) is 39.1 Å². The fourth-order valence-electron chi connectivity index (χ4n) is 2.80. The average Bonchev–Trinajstić information content (AvgIpc) is 2.95. The van der Waals surface area contributed by atoms with E-state index in [0.717, 1.165) is 0 Å². The van der Waals surface area contributed by atoms with E-state index < -0.39 is 28.3 Å². The van der Waals surface area contributed by atoms with E-state index in [1.54, 1.807) is 6.92 Å². The van der Waals surface area contributed by atoms with Crippen LogP contribution >= 0.6 is 15.9 Å². The Morgan fingerprint density at radius 3 is 2.62 bits per heavy atom. The van der Waals surface area contributed by atoms with Crippen molar-refractivity contribution in [2.24, 2.45) is 0 Å².